The smallest absolute Gasteiger partial charge is 0.123 e. The van der Waals surface area contributed by atoms with Crippen molar-refractivity contribution in [2.45, 2.75) is 57.7 Å². The van der Waals surface area contributed by atoms with E-state index >= 15 is 0 Å². The molecule has 1 saturated heterocycles. The Bertz CT molecular complexity index is 502. The van der Waals surface area contributed by atoms with Crippen LogP contribution >= 0.6 is 0 Å². The highest BCUT2D eigenvalue weighted by atomic mass is 16.5. The van der Waals surface area contributed by atoms with Crippen molar-refractivity contribution in [3.05, 3.63) is 29.8 Å². The standard InChI is InChI=1S/C20H32N2O2/c1-2-24-20-10-6-3-7-17(20)15-21-12-13-22(18-8-4-5-9-18)19(16-21)11-14-23/h3,6-7,10,18-19,23H,2,4-5,8-9,11-16H2,1H3/t19-/m1/s1. The van der Waals surface area contributed by atoms with E-state index in [9.17, 15) is 5.11 Å². The lowest BCUT2D eigenvalue weighted by molar-refractivity contribution is 0.0264. The second kappa shape index (κ2) is 8.84. The van der Waals surface area contributed by atoms with Crippen LogP contribution in [0.1, 0.15) is 44.6 Å². The molecule has 1 atom stereocenters. The van der Waals surface area contributed by atoms with Crippen LogP contribution in [-0.4, -0.2) is 59.8 Å². The molecule has 1 aliphatic carbocycles. The fourth-order valence-corrected chi connectivity index (χ4v) is 4.37. The van der Waals surface area contributed by atoms with Gasteiger partial charge in [0.1, 0.15) is 5.75 Å². The maximum atomic E-state index is 9.50. The van der Waals surface area contributed by atoms with Gasteiger partial charge in [-0.3, -0.25) is 9.80 Å². The summed E-state index contributed by atoms with van der Waals surface area (Å²) in [5.41, 5.74) is 1.27. The molecule has 134 valence electrons. The van der Waals surface area contributed by atoms with Crippen molar-refractivity contribution in [1.29, 1.82) is 0 Å². The van der Waals surface area contributed by atoms with Crippen molar-refractivity contribution in [2.75, 3.05) is 32.8 Å². The molecule has 0 unspecified atom stereocenters. The molecular weight excluding hydrogens is 300 g/mol. The highest BCUT2D eigenvalue weighted by Gasteiger charge is 2.33. The van der Waals surface area contributed by atoms with Gasteiger partial charge in [-0.15, -0.1) is 0 Å². The van der Waals surface area contributed by atoms with Gasteiger partial charge >= 0.3 is 0 Å². The van der Waals surface area contributed by atoms with Gasteiger partial charge in [-0.05, 0) is 32.3 Å². The van der Waals surface area contributed by atoms with Crippen LogP contribution in [0, 0.1) is 0 Å². The molecule has 0 amide bonds. The Morgan fingerprint density at radius 3 is 2.71 bits per heavy atom. The van der Waals surface area contributed by atoms with Crippen LogP contribution in [0.3, 0.4) is 0 Å². The van der Waals surface area contributed by atoms with Crippen LogP contribution in [0.4, 0.5) is 0 Å². The third kappa shape index (κ3) is 4.29. The van der Waals surface area contributed by atoms with E-state index in [-0.39, 0.29) is 6.61 Å². The Balaban J connectivity index is 1.64. The molecule has 0 bridgehead atoms. The second-order valence-electron chi connectivity index (χ2n) is 7.12. The number of aliphatic hydroxyl groups is 1. The SMILES string of the molecule is CCOc1ccccc1CN1CCN(C2CCCC2)[C@H](CCO)C1. The fourth-order valence-electron chi connectivity index (χ4n) is 4.37. The van der Waals surface area contributed by atoms with Crippen LogP contribution in [0.15, 0.2) is 24.3 Å². The van der Waals surface area contributed by atoms with Crippen LogP contribution in [0.2, 0.25) is 0 Å². The van der Waals surface area contributed by atoms with Crippen molar-refractivity contribution in [3.8, 4) is 5.75 Å². The van der Waals surface area contributed by atoms with E-state index in [4.69, 9.17) is 4.74 Å². The third-order valence-corrected chi connectivity index (χ3v) is 5.53. The van der Waals surface area contributed by atoms with E-state index in [1.165, 1.54) is 31.2 Å². The summed E-state index contributed by atoms with van der Waals surface area (Å²) in [4.78, 5) is 5.22. The summed E-state index contributed by atoms with van der Waals surface area (Å²) in [7, 11) is 0. The lowest BCUT2D eigenvalue weighted by atomic mass is 10.0. The number of benzene rings is 1. The lowest BCUT2D eigenvalue weighted by Crippen LogP contribution is -2.56. The normalized spacial score (nSPS) is 23.7. The Kier molecular flexibility index (Phi) is 6.52. The number of rotatable bonds is 7. The molecule has 1 saturated carbocycles. The summed E-state index contributed by atoms with van der Waals surface area (Å²) in [6, 6.07) is 9.62. The van der Waals surface area contributed by atoms with E-state index in [1.807, 2.05) is 13.0 Å². The molecule has 1 aromatic rings. The number of hydrogen-bond acceptors (Lipinski definition) is 4. The minimum atomic E-state index is 0.289. The van der Waals surface area contributed by atoms with Gasteiger partial charge in [-0.1, -0.05) is 31.0 Å². The van der Waals surface area contributed by atoms with E-state index in [2.05, 4.69) is 28.0 Å². The van der Waals surface area contributed by atoms with Crippen LogP contribution in [0.25, 0.3) is 0 Å². The van der Waals surface area contributed by atoms with Crippen molar-refractivity contribution in [3.63, 3.8) is 0 Å². The van der Waals surface area contributed by atoms with Crippen LogP contribution in [0.5, 0.6) is 5.75 Å². The minimum absolute atomic E-state index is 0.289. The summed E-state index contributed by atoms with van der Waals surface area (Å²) < 4.78 is 5.78. The number of aliphatic hydroxyl groups excluding tert-OH is 1. The fraction of sp³-hybridized carbons (Fsp3) is 0.700. The van der Waals surface area contributed by atoms with Crippen molar-refractivity contribution in [2.24, 2.45) is 0 Å². The second-order valence-corrected chi connectivity index (χ2v) is 7.12. The molecule has 4 nitrogen and oxygen atoms in total. The molecule has 3 rings (SSSR count). The maximum Gasteiger partial charge on any atom is 0.123 e. The molecule has 24 heavy (non-hydrogen) atoms. The number of hydrogen-bond donors (Lipinski definition) is 1. The summed E-state index contributed by atoms with van der Waals surface area (Å²) in [5, 5.41) is 9.50. The maximum absolute atomic E-state index is 9.50. The summed E-state index contributed by atoms with van der Waals surface area (Å²) in [6.07, 6.45) is 6.32. The largest absolute Gasteiger partial charge is 0.494 e. The Hall–Kier alpha value is -1.10. The first-order chi connectivity index (χ1) is 11.8. The Morgan fingerprint density at radius 1 is 1.17 bits per heavy atom. The molecule has 2 fully saturated rings. The van der Waals surface area contributed by atoms with Gasteiger partial charge in [0.2, 0.25) is 0 Å². The number of nitrogens with zero attached hydrogens (tertiary/aromatic N) is 2. The van der Waals surface area contributed by atoms with Crippen molar-refractivity contribution in [1.82, 2.24) is 9.80 Å². The Morgan fingerprint density at radius 2 is 1.96 bits per heavy atom. The summed E-state index contributed by atoms with van der Waals surface area (Å²) >= 11 is 0. The molecule has 0 aromatic heterocycles. The lowest BCUT2D eigenvalue weighted by Gasteiger charge is -2.44. The van der Waals surface area contributed by atoms with Gasteiger partial charge in [0.25, 0.3) is 0 Å². The highest BCUT2D eigenvalue weighted by molar-refractivity contribution is 5.33. The van der Waals surface area contributed by atoms with Crippen LogP contribution < -0.4 is 4.74 Å². The molecule has 0 radical (unpaired) electrons. The molecule has 1 heterocycles. The van der Waals surface area contributed by atoms with E-state index in [0.717, 1.165) is 44.4 Å². The predicted octanol–water partition coefficient (Wildman–Crippen LogP) is 2.90. The zero-order chi connectivity index (χ0) is 16.8. The predicted molar refractivity (Wildman–Crippen MR) is 97.3 cm³/mol. The number of ether oxygens (including phenoxy) is 1. The average Bonchev–Trinajstić information content (AvgIpc) is 3.12. The van der Waals surface area contributed by atoms with Gasteiger partial charge in [-0.25, -0.2) is 0 Å². The average molecular weight is 332 g/mol. The van der Waals surface area contributed by atoms with E-state index in [1.54, 1.807) is 0 Å². The van der Waals surface area contributed by atoms with Gasteiger partial charge in [-0.2, -0.15) is 0 Å². The number of para-hydroxylation sites is 1. The summed E-state index contributed by atoms with van der Waals surface area (Å²) in [5.74, 6) is 1.01. The molecule has 2 aliphatic rings. The van der Waals surface area contributed by atoms with E-state index < -0.39 is 0 Å². The van der Waals surface area contributed by atoms with E-state index in [0.29, 0.717) is 12.6 Å². The Labute approximate surface area is 146 Å². The monoisotopic (exact) mass is 332 g/mol. The van der Waals surface area contributed by atoms with Gasteiger partial charge in [0.05, 0.1) is 6.61 Å². The zero-order valence-corrected chi connectivity index (χ0v) is 15.0. The topological polar surface area (TPSA) is 35.9 Å². The van der Waals surface area contributed by atoms with Gasteiger partial charge < -0.3 is 9.84 Å². The third-order valence-electron chi connectivity index (χ3n) is 5.53. The van der Waals surface area contributed by atoms with Crippen molar-refractivity contribution >= 4 is 0 Å². The first-order valence-electron chi connectivity index (χ1n) is 9.61. The first-order valence-corrected chi connectivity index (χ1v) is 9.61. The molecule has 1 aliphatic heterocycles. The molecule has 0 spiro atoms. The zero-order valence-electron chi connectivity index (χ0n) is 15.0. The van der Waals surface area contributed by atoms with Gasteiger partial charge in [0, 0.05) is 50.4 Å². The quantitative estimate of drug-likeness (QED) is 0.833. The van der Waals surface area contributed by atoms with Gasteiger partial charge in [0.15, 0.2) is 0 Å². The minimum Gasteiger partial charge on any atom is -0.494 e. The number of piperazine rings is 1. The molecule has 1 aromatic carbocycles. The van der Waals surface area contributed by atoms with Crippen molar-refractivity contribution < 1.29 is 9.84 Å². The van der Waals surface area contributed by atoms with Crippen LogP contribution in [-0.2, 0) is 6.54 Å². The molecule has 4 heteroatoms. The highest BCUT2D eigenvalue weighted by Crippen LogP contribution is 2.29. The molecular formula is C20H32N2O2. The first kappa shape index (κ1) is 17.7. The molecule has 1 N–H and O–H groups in total. The summed E-state index contributed by atoms with van der Waals surface area (Å²) in [6.45, 7) is 7.27.